The minimum Gasteiger partial charge on any atom is -0.399 e. The first kappa shape index (κ1) is 12.8. The number of halogens is 1. The van der Waals surface area contributed by atoms with Crippen LogP contribution in [0, 0.1) is 12.7 Å². The molecule has 0 aliphatic carbocycles. The molecule has 3 rings (SSSR count). The van der Waals surface area contributed by atoms with Crippen LogP contribution in [-0.2, 0) is 0 Å². The molecule has 100 valence electrons. The van der Waals surface area contributed by atoms with E-state index in [4.69, 9.17) is 5.73 Å². The van der Waals surface area contributed by atoms with Gasteiger partial charge in [-0.15, -0.1) is 11.3 Å². The predicted octanol–water partition coefficient (Wildman–Crippen LogP) is 4.51. The fourth-order valence-electron chi connectivity index (χ4n) is 2.09. The van der Waals surface area contributed by atoms with Crippen LogP contribution >= 0.6 is 11.3 Å². The number of nitrogen functional groups attached to an aromatic ring is 1. The average Bonchev–Trinajstić information content (AvgIpc) is 2.81. The molecule has 4 heteroatoms. The Kier molecular flexibility index (Phi) is 3.24. The molecule has 0 saturated heterocycles. The summed E-state index contributed by atoms with van der Waals surface area (Å²) in [4.78, 5) is 5.57. The van der Waals surface area contributed by atoms with E-state index in [2.05, 4.69) is 4.98 Å². The zero-order chi connectivity index (χ0) is 14.1. The van der Waals surface area contributed by atoms with Crippen LogP contribution in [-0.4, -0.2) is 4.98 Å². The van der Waals surface area contributed by atoms with Gasteiger partial charge in [-0.2, -0.15) is 0 Å². The van der Waals surface area contributed by atoms with Crippen LogP contribution in [0.4, 0.5) is 10.1 Å². The van der Waals surface area contributed by atoms with Crippen molar-refractivity contribution in [2.45, 2.75) is 6.92 Å². The molecule has 3 aromatic rings. The van der Waals surface area contributed by atoms with Gasteiger partial charge in [0, 0.05) is 21.7 Å². The highest BCUT2D eigenvalue weighted by Crippen LogP contribution is 2.34. The third-order valence-electron chi connectivity index (χ3n) is 3.06. The molecule has 1 aromatic heterocycles. The summed E-state index contributed by atoms with van der Waals surface area (Å²) in [5.41, 5.74) is 8.69. The summed E-state index contributed by atoms with van der Waals surface area (Å²) in [7, 11) is 0. The summed E-state index contributed by atoms with van der Waals surface area (Å²) in [5, 5.41) is 0.855. The number of anilines is 1. The van der Waals surface area contributed by atoms with Crippen LogP contribution in [0.5, 0.6) is 0 Å². The molecule has 0 aliphatic heterocycles. The molecule has 0 atom stereocenters. The Morgan fingerprint density at radius 3 is 2.65 bits per heavy atom. The molecule has 0 bridgehead atoms. The lowest BCUT2D eigenvalue weighted by Crippen LogP contribution is -1.87. The largest absolute Gasteiger partial charge is 0.399 e. The monoisotopic (exact) mass is 284 g/mol. The SMILES string of the molecule is Cc1sc(-c2cccc(N)c2)nc1-c1ccccc1F. The number of rotatable bonds is 2. The lowest BCUT2D eigenvalue weighted by atomic mass is 10.1. The lowest BCUT2D eigenvalue weighted by molar-refractivity contribution is 0.631. The van der Waals surface area contributed by atoms with E-state index in [1.165, 1.54) is 6.07 Å². The summed E-state index contributed by atoms with van der Waals surface area (Å²) in [6.07, 6.45) is 0. The highest BCUT2D eigenvalue weighted by Gasteiger charge is 2.14. The molecule has 2 nitrogen and oxygen atoms in total. The molecule has 0 radical (unpaired) electrons. The smallest absolute Gasteiger partial charge is 0.132 e. The number of nitrogens with zero attached hydrogens (tertiary/aromatic N) is 1. The molecule has 2 N–H and O–H groups in total. The van der Waals surface area contributed by atoms with Crippen LogP contribution in [0.1, 0.15) is 4.88 Å². The maximum absolute atomic E-state index is 13.9. The second-order valence-electron chi connectivity index (χ2n) is 4.53. The van der Waals surface area contributed by atoms with Crippen LogP contribution in [0.3, 0.4) is 0 Å². The third-order valence-corrected chi connectivity index (χ3v) is 4.08. The molecule has 0 spiro atoms. The number of aryl methyl sites for hydroxylation is 1. The second kappa shape index (κ2) is 5.06. The average molecular weight is 284 g/mol. The van der Waals surface area contributed by atoms with E-state index in [0.29, 0.717) is 16.9 Å². The summed E-state index contributed by atoms with van der Waals surface area (Å²) >= 11 is 1.55. The molecule has 0 saturated carbocycles. The second-order valence-corrected chi connectivity index (χ2v) is 5.73. The van der Waals surface area contributed by atoms with Gasteiger partial charge >= 0.3 is 0 Å². The van der Waals surface area contributed by atoms with Gasteiger partial charge in [0.25, 0.3) is 0 Å². The van der Waals surface area contributed by atoms with E-state index in [-0.39, 0.29) is 5.82 Å². The highest BCUT2D eigenvalue weighted by atomic mass is 32.1. The first-order valence-corrected chi connectivity index (χ1v) is 7.05. The van der Waals surface area contributed by atoms with Gasteiger partial charge < -0.3 is 5.73 Å². The maximum Gasteiger partial charge on any atom is 0.132 e. The van der Waals surface area contributed by atoms with Gasteiger partial charge in [-0.25, -0.2) is 9.37 Å². The molecule has 0 aliphatic rings. The summed E-state index contributed by atoms with van der Waals surface area (Å²) in [6.45, 7) is 1.95. The topological polar surface area (TPSA) is 38.9 Å². The van der Waals surface area contributed by atoms with Gasteiger partial charge in [0.1, 0.15) is 10.8 Å². The van der Waals surface area contributed by atoms with Gasteiger partial charge in [0.05, 0.1) is 5.69 Å². The van der Waals surface area contributed by atoms with E-state index < -0.39 is 0 Å². The lowest BCUT2D eigenvalue weighted by Gasteiger charge is -2.00. The Labute approximate surface area is 120 Å². The number of nitrogens with two attached hydrogens (primary N) is 1. The van der Waals surface area contributed by atoms with Crippen molar-refractivity contribution >= 4 is 17.0 Å². The molecule has 2 aromatic carbocycles. The number of hydrogen-bond donors (Lipinski definition) is 1. The minimum absolute atomic E-state index is 0.250. The summed E-state index contributed by atoms with van der Waals surface area (Å²) < 4.78 is 13.9. The fraction of sp³-hybridized carbons (Fsp3) is 0.0625. The highest BCUT2D eigenvalue weighted by molar-refractivity contribution is 7.15. The zero-order valence-corrected chi connectivity index (χ0v) is 11.7. The van der Waals surface area contributed by atoms with Gasteiger partial charge in [0.2, 0.25) is 0 Å². The van der Waals surface area contributed by atoms with Crippen molar-refractivity contribution in [3.63, 3.8) is 0 Å². The van der Waals surface area contributed by atoms with E-state index in [0.717, 1.165) is 15.4 Å². The Bertz CT molecular complexity index is 765. The summed E-state index contributed by atoms with van der Waals surface area (Å²) in [6, 6.07) is 14.3. The molecule has 0 unspecified atom stereocenters. The predicted molar refractivity (Wildman–Crippen MR) is 82.1 cm³/mol. The zero-order valence-electron chi connectivity index (χ0n) is 10.9. The van der Waals surface area contributed by atoms with Crippen molar-refractivity contribution in [3.05, 3.63) is 59.2 Å². The Hall–Kier alpha value is -2.20. The standard InChI is InChI=1S/C16H13FN2S/c1-10-15(13-7-2-3-8-14(13)17)19-16(20-10)11-5-4-6-12(18)9-11/h2-9H,18H2,1H3. The minimum atomic E-state index is -0.250. The molecule has 0 fully saturated rings. The quantitative estimate of drug-likeness (QED) is 0.703. The number of benzene rings is 2. The number of thiazole rings is 1. The van der Waals surface area contributed by atoms with Crippen LogP contribution in [0.15, 0.2) is 48.5 Å². The Balaban J connectivity index is 2.10. The van der Waals surface area contributed by atoms with Crippen LogP contribution in [0.25, 0.3) is 21.8 Å². The van der Waals surface area contributed by atoms with E-state index in [9.17, 15) is 4.39 Å². The van der Waals surface area contributed by atoms with Crippen LogP contribution in [0.2, 0.25) is 0 Å². The Morgan fingerprint density at radius 1 is 1.10 bits per heavy atom. The normalized spacial score (nSPS) is 10.7. The fourth-order valence-corrected chi connectivity index (χ4v) is 3.02. The summed E-state index contributed by atoms with van der Waals surface area (Å²) in [5.74, 6) is -0.250. The molecular formula is C16H13FN2S. The van der Waals surface area contributed by atoms with Crippen molar-refractivity contribution in [1.82, 2.24) is 4.98 Å². The third kappa shape index (κ3) is 2.30. The van der Waals surface area contributed by atoms with Gasteiger partial charge in [-0.05, 0) is 31.2 Å². The van der Waals surface area contributed by atoms with Gasteiger partial charge in [0.15, 0.2) is 0 Å². The van der Waals surface area contributed by atoms with Crippen molar-refractivity contribution in [1.29, 1.82) is 0 Å². The number of aromatic nitrogens is 1. The van der Waals surface area contributed by atoms with Gasteiger partial charge in [-0.1, -0.05) is 24.3 Å². The first-order valence-electron chi connectivity index (χ1n) is 6.23. The van der Waals surface area contributed by atoms with E-state index in [1.54, 1.807) is 23.5 Å². The molecule has 20 heavy (non-hydrogen) atoms. The van der Waals surface area contributed by atoms with Crippen molar-refractivity contribution in [2.24, 2.45) is 0 Å². The first-order chi connectivity index (χ1) is 9.65. The van der Waals surface area contributed by atoms with E-state index >= 15 is 0 Å². The van der Waals surface area contributed by atoms with Crippen molar-refractivity contribution in [3.8, 4) is 21.8 Å². The van der Waals surface area contributed by atoms with Crippen molar-refractivity contribution in [2.75, 3.05) is 5.73 Å². The Morgan fingerprint density at radius 2 is 1.90 bits per heavy atom. The van der Waals surface area contributed by atoms with Crippen LogP contribution < -0.4 is 5.73 Å². The molecule has 0 amide bonds. The van der Waals surface area contributed by atoms with Gasteiger partial charge in [-0.3, -0.25) is 0 Å². The maximum atomic E-state index is 13.9. The molecular weight excluding hydrogens is 271 g/mol. The van der Waals surface area contributed by atoms with Crippen molar-refractivity contribution < 1.29 is 4.39 Å². The number of hydrogen-bond acceptors (Lipinski definition) is 3. The molecule has 1 heterocycles. The van der Waals surface area contributed by atoms with E-state index in [1.807, 2.05) is 37.3 Å².